The summed E-state index contributed by atoms with van der Waals surface area (Å²) in [5.41, 5.74) is 0. The molecule has 0 spiro atoms. The van der Waals surface area contributed by atoms with Crippen LogP contribution in [0.15, 0.2) is 6.07 Å². The molecule has 0 bridgehead atoms. The lowest BCUT2D eigenvalue weighted by molar-refractivity contribution is 0.188. The van der Waals surface area contributed by atoms with Gasteiger partial charge in [0.2, 0.25) is 17.2 Å². The smallest absolute Gasteiger partial charge is 0.490 e. The standard InChI is InChI=1S/C6H6O5.H7O16P5/c7-2-1-3(8)5(10)6(11)4(2)9;1-17(2,3)13-19(7,8)15-21(11,12)16-20(9,10)14-18(4,5)6/h1,7-11H;(H,7,8)(H,9,10)(H,11,12)(H2,1,2,3)(H2,4,5,6). The van der Waals surface area contributed by atoms with Crippen LogP contribution in [0.5, 0.6) is 28.7 Å². The third-order valence-corrected chi connectivity index (χ3v) is 8.69. The lowest BCUT2D eigenvalue weighted by atomic mass is 10.2. The van der Waals surface area contributed by atoms with Crippen LogP contribution in [0, 0.1) is 0 Å². The summed E-state index contributed by atoms with van der Waals surface area (Å²) in [5.74, 6) is -4.06. The van der Waals surface area contributed by atoms with E-state index in [1.165, 1.54) is 0 Å². The Balaban J connectivity index is 0.000000726. The van der Waals surface area contributed by atoms with E-state index in [-0.39, 0.29) is 0 Å². The Morgan fingerprint density at radius 2 is 0.719 bits per heavy atom. The Labute approximate surface area is 174 Å². The zero-order valence-electron chi connectivity index (χ0n) is 14.4. The molecule has 1 aromatic carbocycles. The van der Waals surface area contributed by atoms with Crippen molar-refractivity contribution in [2.75, 3.05) is 0 Å². The van der Waals surface area contributed by atoms with Crippen molar-refractivity contribution >= 4 is 39.1 Å². The highest BCUT2D eigenvalue weighted by Gasteiger charge is 2.46. The molecule has 26 heteroatoms. The molecular formula is C6H13O21P5. The van der Waals surface area contributed by atoms with Crippen LogP contribution in [0.1, 0.15) is 0 Å². The number of benzene rings is 1. The van der Waals surface area contributed by atoms with Gasteiger partial charge in [0.05, 0.1) is 0 Å². The van der Waals surface area contributed by atoms with Gasteiger partial charge in [0.15, 0.2) is 11.5 Å². The lowest BCUT2D eigenvalue weighted by Gasteiger charge is -2.18. The highest BCUT2D eigenvalue weighted by Crippen LogP contribution is 2.72. The first-order valence-corrected chi connectivity index (χ1v) is 14.0. The lowest BCUT2D eigenvalue weighted by Crippen LogP contribution is -1.97. The number of aromatic hydroxyl groups is 5. The first-order valence-electron chi connectivity index (χ1n) is 6.47. The number of hydrogen-bond acceptors (Lipinski definition) is 14. The second kappa shape index (κ2) is 10.5. The van der Waals surface area contributed by atoms with Gasteiger partial charge < -0.3 is 59.8 Å². The molecule has 0 aromatic heterocycles. The Kier molecular flexibility index (Phi) is 10.1. The summed E-state index contributed by atoms with van der Waals surface area (Å²) < 4.78 is 65.6. The summed E-state index contributed by atoms with van der Waals surface area (Å²) in [6.45, 7) is 0. The van der Waals surface area contributed by atoms with Gasteiger partial charge in [0, 0.05) is 6.07 Å². The highest BCUT2D eigenvalue weighted by atomic mass is 31.3. The third kappa shape index (κ3) is 12.2. The minimum atomic E-state index is -6.07. The van der Waals surface area contributed by atoms with Crippen molar-refractivity contribution in [1.29, 1.82) is 0 Å². The summed E-state index contributed by atoms with van der Waals surface area (Å²) >= 11 is 0. The second-order valence-corrected chi connectivity index (χ2v) is 12.1. The van der Waals surface area contributed by atoms with E-state index in [0.29, 0.717) is 6.07 Å². The van der Waals surface area contributed by atoms with Crippen LogP contribution >= 0.6 is 39.1 Å². The average Bonchev–Trinajstić information content (AvgIpc) is 2.43. The number of rotatable bonds is 8. The molecule has 0 fully saturated rings. The van der Waals surface area contributed by atoms with Crippen LogP contribution in [0.25, 0.3) is 0 Å². The van der Waals surface area contributed by atoms with Gasteiger partial charge in [-0.15, -0.1) is 0 Å². The number of phosphoric acid groups is 5. The van der Waals surface area contributed by atoms with Gasteiger partial charge in [-0.25, -0.2) is 22.8 Å². The van der Waals surface area contributed by atoms with Crippen molar-refractivity contribution < 1.29 is 99.9 Å². The first-order chi connectivity index (χ1) is 13.9. The summed E-state index contributed by atoms with van der Waals surface area (Å²) in [7, 11) is -29.3. The Morgan fingerprint density at radius 3 is 0.969 bits per heavy atom. The fourth-order valence-corrected chi connectivity index (χ4v) is 6.59. The fourth-order valence-electron chi connectivity index (χ4n) is 1.20. The average molecular weight is 576 g/mol. The molecule has 32 heavy (non-hydrogen) atoms. The molecule has 1 aromatic rings. The number of phenolic OH excluding ortho intramolecular Hbond substituents is 5. The minimum Gasteiger partial charge on any atom is -0.504 e. The molecular weight excluding hydrogens is 563 g/mol. The molecule has 0 saturated carbocycles. The zero-order valence-corrected chi connectivity index (χ0v) is 18.8. The van der Waals surface area contributed by atoms with Crippen molar-refractivity contribution in [3.63, 3.8) is 0 Å². The van der Waals surface area contributed by atoms with Crippen molar-refractivity contribution in [3.8, 4) is 28.7 Å². The van der Waals surface area contributed by atoms with Gasteiger partial charge in [-0.1, -0.05) is 0 Å². The normalized spacial score (nSPS) is 17.8. The molecule has 2 atom stereocenters. The van der Waals surface area contributed by atoms with Crippen molar-refractivity contribution in [2.24, 2.45) is 0 Å². The maximum atomic E-state index is 11.0. The monoisotopic (exact) mass is 576 g/mol. The van der Waals surface area contributed by atoms with Crippen LogP contribution in [0.4, 0.5) is 0 Å². The zero-order chi connectivity index (χ0) is 25.9. The highest BCUT2D eigenvalue weighted by molar-refractivity contribution is 7.71. The summed E-state index contributed by atoms with van der Waals surface area (Å²) in [6.07, 6.45) is 0. The van der Waals surface area contributed by atoms with Crippen molar-refractivity contribution in [3.05, 3.63) is 6.07 Å². The number of hydrogen-bond donors (Lipinski definition) is 12. The fraction of sp³-hybridized carbons (Fsp3) is 0. The predicted octanol–water partition coefficient (Wildman–Crippen LogP) is -0.246. The molecule has 12 N–H and O–H groups in total. The molecule has 0 amide bonds. The van der Waals surface area contributed by atoms with Crippen molar-refractivity contribution in [1.82, 2.24) is 0 Å². The van der Waals surface area contributed by atoms with Gasteiger partial charge >= 0.3 is 39.1 Å². The van der Waals surface area contributed by atoms with Crippen molar-refractivity contribution in [2.45, 2.75) is 0 Å². The van der Waals surface area contributed by atoms with Crippen LogP contribution < -0.4 is 0 Å². The van der Waals surface area contributed by atoms with Gasteiger partial charge in [-0.05, 0) is 0 Å². The van der Waals surface area contributed by atoms with Gasteiger partial charge in [0.1, 0.15) is 0 Å². The molecule has 0 radical (unpaired) electrons. The molecule has 0 aliphatic carbocycles. The Morgan fingerprint density at radius 1 is 0.469 bits per heavy atom. The van der Waals surface area contributed by atoms with Crippen LogP contribution in [-0.4, -0.2) is 59.8 Å². The number of phenols is 5. The predicted molar refractivity (Wildman–Crippen MR) is 92.7 cm³/mol. The third-order valence-electron chi connectivity index (χ3n) is 2.04. The van der Waals surface area contributed by atoms with E-state index in [9.17, 15) is 22.8 Å². The quantitative estimate of drug-likeness (QED) is 0.108. The van der Waals surface area contributed by atoms with Gasteiger partial charge in [0.25, 0.3) is 0 Å². The van der Waals surface area contributed by atoms with E-state index in [0.717, 1.165) is 0 Å². The Bertz CT molecular complexity index is 987. The van der Waals surface area contributed by atoms with E-state index in [2.05, 4.69) is 17.2 Å². The summed E-state index contributed by atoms with van der Waals surface area (Å²) in [5, 5.41) is 43.7. The molecule has 1 rings (SSSR count). The summed E-state index contributed by atoms with van der Waals surface area (Å²) in [6, 6.07) is 0.713. The van der Waals surface area contributed by atoms with Crippen LogP contribution in [0.2, 0.25) is 0 Å². The van der Waals surface area contributed by atoms with Crippen LogP contribution in [0.3, 0.4) is 0 Å². The maximum Gasteiger partial charge on any atom is 0.490 e. The largest absolute Gasteiger partial charge is 0.504 e. The first kappa shape index (κ1) is 30.9. The molecule has 21 nitrogen and oxygen atoms in total. The van der Waals surface area contributed by atoms with E-state index in [1.807, 2.05) is 0 Å². The molecule has 0 saturated heterocycles. The molecule has 188 valence electrons. The minimum absolute atomic E-state index is 0.696. The Hall–Kier alpha value is -1.07. The van der Waals surface area contributed by atoms with Gasteiger partial charge in [-0.3, -0.25) is 0 Å². The molecule has 2 unspecified atom stereocenters. The van der Waals surface area contributed by atoms with Crippen LogP contribution in [-0.2, 0) is 40.1 Å². The van der Waals surface area contributed by atoms with Gasteiger partial charge in [-0.2, -0.15) is 17.2 Å². The topological polar surface area (TPSA) is 365 Å². The molecule has 0 heterocycles. The summed E-state index contributed by atoms with van der Waals surface area (Å²) in [4.78, 5) is 58.7. The van der Waals surface area contributed by atoms with E-state index < -0.39 is 67.9 Å². The van der Waals surface area contributed by atoms with E-state index >= 15 is 0 Å². The molecule has 0 aliphatic heterocycles. The van der Waals surface area contributed by atoms with E-state index in [4.69, 9.17) is 59.8 Å². The van der Waals surface area contributed by atoms with E-state index in [1.54, 1.807) is 0 Å². The second-order valence-electron chi connectivity index (χ2n) is 4.67. The SMILES string of the molecule is O=P(O)(O)OP(=O)(O)OP(=O)(O)OP(=O)(O)OP(=O)(O)O.Oc1cc(O)c(O)c(O)c1O. The molecule has 0 aliphatic rings. The maximum absolute atomic E-state index is 11.0.